The third kappa shape index (κ3) is 5.58. The van der Waals surface area contributed by atoms with Crippen molar-refractivity contribution in [3.63, 3.8) is 0 Å². The van der Waals surface area contributed by atoms with Gasteiger partial charge in [0.2, 0.25) is 0 Å². The van der Waals surface area contributed by atoms with E-state index in [1.807, 2.05) is 49.4 Å². The maximum Gasteiger partial charge on any atom is 0.266 e. The zero-order valence-electron chi connectivity index (χ0n) is 18.5. The largest absolute Gasteiger partial charge is 0.493 e. The van der Waals surface area contributed by atoms with E-state index >= 15 is 0 Å². The number of nitrogens with zero attached hydrogens (tertiary/aromatic N) is 1. The van der Waals surface area contributed by atoms with Gasteiger partial charge in [0.05, 0.1) is 23.6 Å². The number of thiocarbonyl (C=S) groups is 1. The maximum atomic E-state index is 13.0. The van der Waals surface area contributed by atoms with Gasteiger partial charge in [-0.2, -0.15) is 0 Å². The summed E-state index contributed by atoms with van der Waals surface area (Å²) in [5.74, 6) is 0.735. The average Bonchev–Trinajstić information content (AvgIpc) is 3.07. The predicted molar refractivity (Wildman–Crippen MR) is 144 cm³/mol. The minimum absolute atomic E-state index is 0.135. The number of rotatable bonds is 7. The molecule has 1 saturated heterocycles. The van der Waals surface area contributed by atoms with Crippen molar-refractivity contribution in [3.05, 3.63) is 97.9 Å². The van der Waals surface area contributed by atoms with Crippen molar-refractivity contribution >= 4 is 63.5 Å². The highest BCUT2D eigenvalue weighted by atomic mass is 35.5. The van der Waals surface area contributed by atoms with Gasteiger partial charge in [0, 0.05) is 10.6 Å². The molecular weight excluding hydrogens is 509 g/mol. The molecule has 3 aromatic rings. The number of carbonyl (C=O) groups excluding carboxylic acids is 1. The van der Waals surface area contributed by atoms with Crippen molar-refractivity contribution in [2.24, 2.45) is 0 Å². The summed E-state index contributed by atoms with van der Waals surface area (Å²) in [6.45, 7) is 2.70. The zero-order chi connectivity index (χ0) is 24.2. The van der Waals surface area contributed by atoms with Crippen molar-refractivity contribution in [3.8, 4) is 11.5 Å². The minimum atomic E-state index is -0.135. The molecule has 8 heteroatoms. The molecule has 0 aromatic heterocycles. The van der Waals surface area contributed by atoms with Crippen molar-refractivity contribution < 1.29 is 14.3 Å². The first-order chi connectivity index (χ1) is 16.4. The summed E-state index contributed by atoms with van der Waals surface area (Å²) in [7, 11) is 1.54. The molecule has 3 aromatic carbocycles. The van der Waals surface area contributed by atoms with Gasteiger partial charge in [-0.25, -0.2) is 0 Å². The Kier molecular flexibility index (Phi) is 7.84. The zero-order valence-corrected chi connectivity index (χ0v) is 21.7. The molecule has 0 bridgehead atoms. The predicted octanol–water partition coefficient (Wildman–Crippen LogP) is 7.29. The smallest absolute Gasteiger partial charge is 0.266 e. The van der Waals surface area contributed by atoms with Crippen LogP contribution < -0.4 is 9.47 Å². The first-order valence-corrected chi connectivity index (χ1v) is 12.4. The lowest BCUT2D eigenvalue weighted by Crippen LogP contribution is -2.27. The van der Waals surface area contributed by atoms with Crippen LogP contribution in [0, 0.1) is 6.92 Å². The quantitative estimate of drug-likeness (QED) is 0.237. The van der Waals surface area contributed by atoms with Crippen LogP contribution in [-0.4, -0.2) is 22.2 Å². The Bertz CT molecular complexity index is 1280. The fraction of sp³-hybridized carbons (Fsp3) is 0.154. The Hall–Kier alpha value is -2.51. The molecule has 1 amide bonds. The van der Waals surface area contributed by atoms with Crippen molar-refractivity contribution in [1.29, 1.82) is 0 Å². The van der Waals surface area contributed by atoms with Gasteiger partial charge >= 0.3 is 0 Å². The first-order valence-electron chi connectivity index (χ1n) is 10.4. The third-order valence-corrected chi connectivity index (χ3v) is 7.24. The van der Waals surface area contributed by atoms with E-state index in [-0.39, 0.29) is 12.5 Å². The normalized spacial score (nSPS) is 14.7. The summed E-state index contributed by atoms with van der Waals surface area (Å²) in [6, 6.07) is 19.0. The van der Waals surface area contributed by atoms with Crippen LogP contribution >= 0.6 is 47.2 Å². The van der Waals surface area contributed by atoms with E-state index in [1.54, 1.807) is 36.3 Å². The van der Waals surface area contributed by atoms with Crippen LogP contribution in [0.1, 0.15) is 22.3 Å². The lowest BCUT2D eigenvalue weighted by Gasteiger charge is -2.15. The number of amides is 1. The third-order valence-electron chi connectivity index (χ3n) is 5.21. The van der Waals surface area contributed by atoms with Crippen LogP contribution in [0.2, 0.25) is 10.0 Å². The summed E-state index contributed by atoms with van der Waals surface area (Å²) in [5, 5.41) is 0.981. The van der Waals surface area contributed by atoms with Gasteiger partial charge in [-0.3, -0.25) is 9.69 Å². The van der Waals surface area contributed by atoms with Crippen LogP contribution in [0.5, 0.6) is 11.5 Å². The molecule has 174 valence electrons. The monoisotopic (exact) mass is 529 g/mol. The summed E-state index contributed by atoms with van der Waals surface area (Å²) in [5.41, 5.74) is 3.73. The Morgan fingerprint density at radius 3 is 2.50 bits per heavy atom. The molecule has 0 spiro atoms. The van der Waals surface area contributed by atoms with Crippen molar-refractivity contribution in [1.82, 2.24) is 4.90 Å². The minimum Gasteiger partial charge on any atom is -0.493 e. The number of thioether (sulfide) groups is 1. The van der Waals surface area contributed by atoms with Gasteiger partial charge in [-0.05, 0) is 42.3 Å². The molecule has 1 heterocycles. The second-order valence-electron chi connectivity index (χ2n) is 7.67. The number of halogens is 2. The molecule has 0 N–H and O–H groups in total. The maximum absolute atomic E-state index is 13.0. The lowest BCUT2D eigenvalue weighted by atomic mass is 10.1. The van der Waals surface area contributed by atoms with Crippen LogP contribution in [0.3, 0.4) is 0 Å². The first kappa shape index (κ1) is 24.6. The number of aryl methyl sites for hydroxylation is 1. The SMILES string of the molecule is COc1cc(/C=C2\SC(=S)N(Cc3ccc(C)cc3)C2=O)cc(Cl)c1OCc1ccccc1Cl. The Morgan fingerprint density at radius 1 is 1.06 bits per heavy atom. The van der Waals surface area contributed by atoms with Crippen LogP contribution in [0.4, 0.5) is 0 Å². The number of ether oxygens (including phenoxy) is 2. The highest BCUT2D eigenvalue weighted by Crippen LogP contribution is 2.40. The molecule has 1 fully saturated rings. The number of methoxy groups -OCH3 is 1. The molecule has 34 heavy (non-hydrogen) atoms. The van der Waals surface area contributed by atoms with E-state index in [1.165, 1.54) is 17.3 Å². The van der Waals surface area contributed by atoms with Gasteiger partial charge in [0.1, 0.15) is 10.9 Å². The lowest BCUT2D eigenvalue weighted by molar-refractivity contribution is -0.122. The summed E-state index contributed by atoms with van der Waals surface area (Å²) in [4.78, 5) is 15.2. The highest BCUT2D eigenvalue weighted by molar-refractivity contribution is 8.26. The highest BCUT2D eigenvalue weighted by Gasteiger charge is 2.32. The fourth-order valence-corrected chi connectivity index (χ4v) is 5.11. The van der Waals surface area contributed by atoms with Gasteiger partial charge < -0.3 is 9.47 Å². The second-order valence-corrected chi connectivity index (χ2v) is 10.2. The molecule has 1 aliphatic heterocycles. The molecule has 4 rings (SSSR count). The fourth-order valence-electron chi connectivity index (χ4n) is 3.39. The number of carbonyl (C=O) groups is 1. The van der Waals surface area contributed by atoms with Gasteiger partial charge in [-0.1, -0.05) is 95.2 Å². The van der Waals surface area contributed by atoms with Crippen LogP contribution in [0.15, 0.2) is 65.6 Å². The Balaban J connectivity index is 1.53. The average molecular weight is 530 g/mol. The van der Waals surface area contributed by atoms with Gasteiger partial charge in [-0.15, -0.1) is 0 Å². The Labute approximate surface area is 218 Å². The summed E-state index contributed by atoms with van der Waals surface area (Å²) in [6.07, 6.45) is 1.76. The summed E-state index contributed by atoms with van der Waals surface area (Å²) < 4.78 is 11.9. The van der Waals surface area contributed by atoms with Gasteiger partial charge in [0.15, 0.2) is 11.5 Å². The number of hydrogen-bond donors (Lipinski definition) is 0. The van der Waals surface area contributed by atoms with Crippen LogP contribution in [0.25, 0.3) is 6.08 Å². The van der Waals surface area contributed by atoms with Crippen molar-refractivity contribution in [2.75, 3.05) is 7.11 Å². The van der Waals surface area contributed by atoms with E-state index < -0.39 is 0 Å². The molecule has 0 unspecified atom stereocenters. The standard InChI is InChI=1S/C26H21Cl2NO3S2/c1-16-7-9-17(10-8-16)14-29-25(30)23(34-26(29)33)13-18-11-21(28)24(22(12-18)31-2)32-15-19-5-3-4-6-20(19)27/h3-13H,14-15H2,1-2H3/b23-13-. The topological polar surface area (TPSA) is 38.8 Å². The molecule has 1 aliphatic rings. The molecule has 0 radical (unpaired) electrons. The number of benzene rings is 3. The van der Waals surface area contributed by atoms with E-state index in [0.29, 0.717) is 42.9 Å². The Morgan fingerprint density at radius 2 is 1.79 bits per heavy atom. The molecule has 0 atom stereocenters. The van der Waals surface area contributed by atoms with Crippen LogP contribution in [-0.2, 0) is 17.9 Å². The summed E-state index contributed by atoms with van der Waals surface area (Å²) >= 11 is 19.5. The van der Waals surface area contributed by atoms with E-state index in [4.69, 9.17) is 44.9 Å². The van der Waals surface area contributed by atoms with Gasteiger partial charge in [0.25, 0.3) is 5.91 Å². The number of hydrogen-bond acceptors (Lipinski definition) is 5. The molecule has 0 saturated carbocycles. The molecule has 0 aliphatic carbocycles. The van der Waals surface area contributed by atoms with E-state index in [0.717, 1.165) is 11.1 Å². The van der Waals surface area contributed by atoms with Crippen molar-refractivity contribution in [2.45, 2.75) is 20.1 Å². The van der Waals surface area contributed by atoms with E-state index in [9.17, 15) is 4.79 Å². The molecule has 4 nitrogen and oxygen atoms in total. The van der Waals surface area contributed by atoms with E-state index in [2.05, 4.69) is 0 Å². The molecular formula is C26H21Cl2NO3S2. The second kappa shape index (κ2) is 10.8.